The summed E-state index contributed by atoms with van der Waals surface area (Å²) >= 11 is 0. The van der Waals surface area contributed by atoms with Gasteiger partial charge in [-0.2, -0.15) is 0 Å². The monoisotopic (exact) mass is 245 g/mol. The highest BCUT2D eigenvalue weighted by atomic mass is 19.1. The molecule has 0 radical (unpaired) electrons. The van der Waals surface area contributed by atoms with Crippen molar-refractivity contribution >= 4 is 0 Å². The topological polar surface area (TPSA) is 29.9 Å². The molecule has 3 rings (SSSR count). The number of imidazole rings is 1. The molecule has 0 unspecified atom stereocenters. The molecule has 94 valence electrons. The van der Waals surface area contributed by atoms with Crippen molar-refractivity contribution in [2.24, 2.45) is 0 Å². The van der Waals surface area contributed by atoms with Gasteiger partial charge in [-0.1, -0.05) is 6.07 Å². The van der Waals surface area contributed by atoms with Crippen molar-refractivity contribution in [3.63, 3.8) is 0 Å². The van der Waals surface area contributed by atoms with Gasteiger partial charge in [-0.3, -0.25) is 4.57 Å². The van der Waals surface area contributed by atoms with Crippen LogP contribution in [0.15, 0.2) is 18.2 Å². The second-order valence-corrected chi connectivity index (χ2v) is 4.77. The molecule has 1 N–H and O–H groups in total. The van der Waals surface area contributed by atoms with E-state index < -0.39 is 0 Å². The predicted octanol–water partition coefficient (Wildman–Crippen LogP) is 2.27. The van der Waals surface area contributed by atoms with Crippen LogP contribution in [-0.4, -0.2) is 16.1 Å². The van der Waals surface area contributed by atoms with Gasteiger partial charge in [-0.15, -0.1) is 0 Å². The second-order valence-electron chi connectivity index (χ2n) is 4.77. The molecule has 0 saturated carbocycles. The lowest BCUT2D eigenvalue weighted by molar-refractivity contribution is 0.599. The Bertz CT molecular complexity index is 601. The number of aryl methyl sites for hydroxylation is 2. The average Bonchev–Trinajstić information content (AvgIpc) is 2.68. The first kappa shape index (κ1) is 11.4. The van der Waals surface area contributed by atoms with E-state index in [0.717, 1.165) is 42.3 Å². The van der Waals surface area contributed by atoms with E-state index in [-0.39, 0.29) is 5.82 Å². The van der Waals surface area contributed by atoms with Crippen molar-refractivity contribution in [1.82, 2.24) is 14.9 Å². The average molecular weight is 245 g/mol. The third-order valence-electron chi connectivity index (χ3n) is 3.40. The van der Waals surface area contributed by atoms with Gasteiger partial charge < -0.3 is 5.32 Å². The predicted molar refractivity (Wildman–Crippen MR) is 68.4 cm³/mol. The van der Waals surface area contributed by atoms with Crippen LogP contribution < -0.4 is 5.32 Å². The van der Waals surface area contributed by atoms with Gasteiger partial charge in [0.25, 0.3) is 0 Å². The summed E-state index contributed by atoms with van der Waals surface area (Å²) in [5, 5.41) is 3.29. The van der Waals surface area contributed by atoms with E-state index in [1.807, 2.05) is 24.5 Å². The number of hydrogen-bond donors (Lipinski definition) is 1. The number of hydrogen-bond acceptors (Lipinski definition) is 2. The highest BCUT2D eigenvalue weighted by Crippen LogP contribution is 2.23. The van der Waals surface area contributed by atoms with Crippen LogP contribution in [0.5, 0.6) is 0 Å². The second kappa shape index (κ2) is 4.21. The molecule has 4 heteroatoms. The molecule has 1 aliphatic heterocycles. The van der Waals surface area contributed by atoms with Gasteiger partial charge in [0, 0.05) is 25.2 Å². The molecule has 1 aliphatic rings. The zero-order valence-corrected chi connectivity index (χ0v) is 10.6. The van der Waals surface area contributed by atoms with E-state index in [0.29, 0.717) is 5.69 Å². The van der Waals surface area contributed by atoms with Gasteiger partial charge in [-0.05, 0) is 31.5 Å². The van der Waals surface area contributed by atoms with Crippen LogP contribution in [0.2, 0.25) is 0 Å². The third kappa shape index (κ3) is 1.73. The van der Waals surface area contributed by atoms with Crippen LogP contribution >= 0.6 is 0 Å². The fourth-order valence-electron chi connectivity index (χ4n) is 2.56. The van der Waals surface area contributed by atoms with Crippen molar-refractivity contribution in [3.05, 3.63) is 46.8 Å². The first-order valence-electron chi connectivity index (χ1n) is 6.21. The van der Waals surface area contributed by atoms with Crippen LogP contribution in [-0.2, 0) is 13.0 Å². The maximum Gasteiger partial charge on any atom is 0.147 e. The standard InChI is InChI=1S/C14H16FN3/c1-9-3-4-11(15)14(7-9)18-10(2)17-12-8-16-6-5-13(12)18/h3-4,7,16H,5-6,8H2,1-2H3. The van der Waals surface area contributed by atoms with E-state index in [1.165, 1.54) is 6.07 Å². The van der Waals surface area contributed by atoms with Gasteiger partial charge in [0.15, 0.2) is 0 Å². The lowest BCUT2D eigenvalue weighted by Gasteiger charge is -2.16. The van der Waals surface area contributed by atoms with Crippen LogP contribution in [0.3, 0.4) is 0 Å². The number of nitrogens with one attached hydrogen (secondary N) is 1. The molecule has 2 heterocycles. The molecule has 0 fully saturated rings. The van der Waals surface area contributed by atoms with Gasteiger partial charge in [-0.25, -0.2) is 9.37 Å². The largest absolute Gasteiger partial charge is 0.311 e. The lowest BCUT2D eigenvalue weighted by atomic mass is 10.1. The Balaban J connectivity index is 2.22. The Kier molecular flexibility index (Phi) is 2.67. The minimum atomic E-state index is -0.192. The SMILES string of the molecule is Cc1ccc(F)c(-n2c(C)nc3c2CCNC3)c1. The Hall–Kier alpha value is -1.68. The maximum absolute atomic E-state index is 14.0. The van der Waals surface area contributed by atoms with E-state index in [4.69, 9.17) is 0 Å². The normalized spacial score (nSPS) is 14.6. The zero-order chi connectivity index (χ0) is 12.7. The van der Waals surface area contributed by atoms with Crippen molar-refractivity contribution in [3.8, 4) is 5.69 Å². The number of nitrogens with zero attached hydrogens (tertiary/aromatic N) is 2. The summed E-state index contributed by atoms with van der Waals surface area (Å²) in [4.78, 5) is 4.53. The highest BCUT2D eigenvalue weighted by Gasteiger charge is 2.20. The molecule has 2 aromatic rings. The molecule has 3 nitrogen and oxygen atoms in total. The molecule has 1 aromatic heterocycles. The fraction of sp³-hybridized carbons (Fsp3) is 0.357. The summed E-state index contributed by atoms with van der Waals surface area (Å²) in [7, 11) is 0. The first-order chi connectivity index (χ1) is 8.66. The number of halogens is 1. The molecule has 0 aliphatic carbocycles. The molecule has 18 heavy (non-hydrogen) atoms. The molecule has 0 amide bonds. The van der Waals surface area contributed by atoms with Gasteiger partial charge in [0.05, 0.1) is 11.4 Å². The van der Waals surface area contributed by atoms with E-state index in [1.54, 1.807) is 6.07 Å². The number of benzene rings is 1. The Morgan fingerprint density at radius 3 is 3.00 bits per heavy atom. The van der Waals surface area contributed by atoms with Gasteiger partial charge >= 0.3 is 0 Å². The van der Waals surface area contributed by atoms with Crippen LogP contribution in [0.4, 0.5) is 4.39 Å². The molecule has 1 aromatic carbocycles. The van der Waals surface area contributed by atoms with Crippen molar-refractivity contribution < 1.29 is 4.39 Å². The third-order valence-corrected chi connectivity index (χ3v) is 3.40. The molecule has 0 spiro atoms. The van der Waals surface area contributed by atoms with Crippen LogP contribution in [0.1, 0.15) is 22.8 Å². The quantitative estimate of drug-likeness (QED) is 0.835. The summed E-state index contributed by atoms with van der Waals surface area (Å²) in [6, 6.07) is 5.20. The molecule has 0 saturated heterocycles. The first-order valence-corrected chi connectivity index (χ1v) is 6.21. The molecular weight excluding hydrogens is 229 g/mol. The maximum atomic E-state index is 14.0. The van der Waals surface area contributed by atoms with Crippen molar-refractivity contribution in [2.45, 2.75) is 26.8 Å². The Morgan fingerprint density at radius 2 is 2.17 bits per heavy atom. The fourth-order valence-corrected chi connectivity index (χ4v) is 2.56. The Morgan fingerprint density at radius 1 is 1.33 bits per heavy atom. The van der Waals surface area contributed by atoms with Gasteiger partial charge in [0.2, 0.25) is 0 Å². The van der Waals surface area contributed by atoms with Crippen molar-refractivity contribution in [1.29, 1.82) is 0 Å². The molecule has 0 atom stereocenters. The summed E-state index contributed by atoms with van der Waals surface area (Å²) in [5.74, 6) is 0.663. The minimum absolute atomic E-state index is 0.192. The number of rotatable bonds is 1. The molecular formula is C14H16FN3. The number of aromatic nitrogens is 2. The van der Waals surface area contributed by atoms with E-state index in [9.17, 15) is 4.39 Å². The van der Waals surface area contributed by atoms with E-state index in [2.05, 4.69) is 10.3 Å². The van der Waals surface area contributed by atoms with Gasteiger partial charge in [0.1, 0.15) is 11.6 Å². The Labute approximate surface area is 106 Å². The zero-order valence-electron chi connectivity index (χ0n) is 10.6. The summed E-state index contributed by atoms with van der Waals surface area (Å²) in [5.41, 5.74) is 3.85. The highest BCUT2D eigenvalue weighted by molar-refractivity contribution is 5.42. The summed E-state index contributed by atoms with van der Waals surface area (Å²) in [6.45, 7) is 5.60. The van der Waals surface area contributed by atoms with E-state index >= 15 is 0 Å². The smallest absolute Gasteiger partial charge is 0.147 e. The van der Waals surface area contributed by atoms with Crippen LogP contribution in [0.25, 0.3) is 5.69 Å². The minimum Gasteiger partial charge on any atom is -0.311 e. The van der Waals surface area contributed by atoms with Crippen LogP contribution in [0, 0.1) is 19.7 Å². The lowest BCUT2D eigenvalue weighted by Crippen LogP contribution is -2.25. The number of fused-ring (bicyclic) bond motifs is 1. The molecule has 0 bridgehead atoms. The summed E-state index contributed by atoms with van der Waals surface area (Å²) in [6.07, 6.45) is 0.892. The summed E-state index contributed by atoms with van der Waals surface area (Å²) < 4.78 is 16.0. The van der Waals surface area contributed by atoms with Crippen molar-refractivity contribution in [2.75, 3.05) is 6.54 Å².